The molecule has 2 aliphatic rings. The predicted molar refractivity (Wildman–Crippen MR) is 100 cm³/mol. The molecule has 0 saturated carbocycles. The number of methoxy groups -OCH3 is 1. The van der Waals surface area contributed by atoms with Gasteiger partial charge in [0.1, 0.15) is 12.7 Å². The molecule has 0 aliphatic carbocycles. The van der Waals surface area contributed by atoms with Crippen molar-refractivity contribution >= 4 is 0 Å². The largest absolute Gasteiger partial charge is 0.493 e. The Bertz CT molecular complexity index is 587. The second-order valence-electron chi connectivity index (χ2n) is 6.87. The quantitative estimate of drug-likeness (QED) is 0.716. The van der Waals surface area contributed by atoms with Crippen LogP contribution in [-0.4, -0.2) is 67.7 Å². The van der Waals surface area contributed by atoms with Crippen molar-refractivity contribution in [3.63, 3.8) is 0 Å². The van der Waals surface area contributed by atoms with Gasteiger partial charge in [0.15, 0.2) is 11.5 Å². The fourth-order valence-corrected chi connectivity index (χ4v) is 3.30. The summed E-state index contributed by atoms with van der Waals surface area (Å²) in [6.07, 6.45) is 7.13. The van der Waals surface area contributed by atoms with Gasteiger partial charge in [-0.3, -0.25) is 9.74 Å². The van der Waals surface area contributed by atoms with Gasteiger partial charge < -0.3 is 14.6 Å². The fourth-order valence-electron chi connectivity index (χ4n) is 3.30. The molecule has 2 heterocycles. The first kappa shape index (κ1) is 19.2. The van der Waals surface area contributed by atoms with E-state index in [0.29, 0.717) is 18.0 Å². The topological polar surface area (TPSA) is 54.4 Å². The van der Waals surface area contributed by atoms with Gasteiger partial charge in [0.05, 0.1) is 13.7 Å². The van der Waals surface area contributed by atoms with E-state index in [1.165, 1.54) is 0 Å². The van der Waals surface area contributed by atoms with Crippen LogP contribution < -0.4 is 9.47 Å². The molecule has 0 amide bonds. The molecule has 1 N–H and O–H groups in total. The van der Waals surface area contributed by atoms with Crippen LogP contribution in [0.5, 0.6) is 11.5 Å². The third-order valence-electron chi connectivity index (χ3n) is 4.71. The first-order valence-electron chi connectivity index (χ1n) is 9.47. The molecule has 1 fully saturated rings. The number of β-amino-alcohol motifs (C(OH)–C–C–N with tert-alkyl or cyclic N) is 1. The molecule has 1 atom stereocenters. The Morgan fingerprint density at radius 1 is 1.19 bits per heavy atom. The molecule has 2 aliphatic heterocycles. The van der Waals surface area contributed by atoms with Crippen LogP contribution >= 0.6 is 0 Å². The third-order valence-corrected chi connectivity index (χ3v) is 4.71. The van der Waals surface area contributed by atoms with Crippen molar-refractivity contribution < 1.29 is 19.4 Å². The molecule has 0 spiro atoms. The molecule has 0 aromatic heterocycles. The van der Waals surface area contributed by atoms with E-state index in [1.807, 2.05) is 23.3 Å². The molecule has 1 unspecified atom stereocenters. The number of benzene rings is 1. The van der Waals surface area contributed by atoms with Crippen molar-refractivity contribution in [2.45, 2.75) is 31.9 Å². The van der Waals surface area contributed by atoms with Gasteiger partial charge >= 0.3 is 0 Å². The number of aliphatic hydroxyl groups is 1. The van der Waals surface area contributed by atoms with Crippen molar-refractivity contribution in [1.82, 2.24) is 9.96 Å². The van der Waals surface area contributed by atoms with E-state index in [0.717, 1.165) is 57.6 Å². The van der Waals surface area contributed by atoms with Crippen LogP contribution in [0.25, 0.3) is 0 Å². The summed E-state index contributed by atoms with van der Waals surface area (Å²) in [4.78, 5) is 7.90. The highest BCUT2D eigenvalue weighted by Gasteiger charge is 2.16. The first-order chi connectivity index (χ1) is 12.7. The van der Waals surface area contributed by atoms with Crippen LogP contribution in [-0.2, 0) is 11.4 Å². The van der Waals surface area contributed by atoms with Crippen molar-refractivity contribution in [2.75, 3.05) is 46.5 Å². The van der Waals surface area contributed by atoms with Gasteiger partial charge in [-0.2, -0.15) is 5.06 Å². The zero-order valence-electron chi connectivity index (χ0n) is 15.6. The lowest BCUT2D eigenvalue weighted by atomic mass is 10.2. The monoisotopic (exact) mass is 362 g/mol. The highest BCUT2D eigenvalue weighted by Crippen LogP contribution is 2.29. The van der Waals surface area contributed by atoms with Crippen molar-refractivity contribution in [3.8, 4) is 11.5 Å². The van der Waals surface area contributed by atoms with E-state index < -0.39 is 6.10 Å². The van der Waals surface area contributed by atoms with Crippen LogP contribution in [0.15, 0.2) is 30.4 Å². The normalized spacial score (nSPS) is 20.1. The SMILES string of the molecule is COc1ccc(CN2CCCCO2)cc1OCC(O)CN1CC=CCC1. The van der Waals surface area contributed by atoms with Gasteiger partial charge in [-0.15, -0.1) is 0 Å². The maximum Gasteiger partial charge on any atom is 0.161 e. The average Bonchev–Trinajstić information content (AvgIpc) is 2.68. The second kappa shape index (κ2) is 9.92. The zero-order chi connectivity index (χ0) is 18.2. The molecular formula is C20H30N2O4. The van der Waals surface area contributed by atoms with Gasteiger partial charge in [-0.1, -0.05) is 18.2 Å². The molecule has 0 bridgehead atoms. The summed E-state index contributed by atoms with van der Waals surface area (Å²) in [7, 11) is 1.63. The van der Waals surface area contributed by atoms with Crippen LogP contribution in [0, 0.1) is 0 Å². The summed E-state index contributed by atoms with van der Waals surface area (Å²) in [6.45, 7) is 5.22. The van der Waals surface area contributed by atoms with Crippen LogP contribution in [0.1, 0.15) is 24.8 Å². The van der Waals surface area contributed by atoms with Gasteiger partial charge in [0, 0.05) is 32.7 Å². The number of hydrogen-bond acceptors (Lipinski definition) is 6. The van der Waals surface area contributed by atoms with Gasteiger partial charge in [0.25, 0.3) is 0 Å². The van der Waals surface area contributed by atoms with E-state index in [9.17, 15) is 5.11 Å². The maximum absolute atomic E-state index is 10.3. The van der Waals surface area contributed by atoms with E-state index in [1.54, 1.807) is 7.11 Å². The lowest BCUT2D eigenvalue weighted by molar-refractivity contribution is -0.187. The maximum atomic E-state index is 10.3. The molecule has 3 rings (SSSR count). The molecule has 1 aromatic rings. The van der Waals surface area contributed by atoms with E-state index >= 15 is 0 Å². The summed E-state index contributed by atoms with van der Waals surface area (Å²) in [5.74, 6) is 1.35. The Labute approximate surface area is 155 Å². The molecule has 1 aromatic carbocycles. The molecule has 6 nitrogen and oxygen atoms in total. The Morgan fingerprint density at radius 2 is 2.12 bits per heavy atom. The molecule has 144 valence electrons. The lowest BCUT2D eigenvalue weighted by Gasteiger charge is -2.26. The Morgan fingerprint density at radius 3 is 2.85 bits per heavy atom. The summed E-state index contributed by atoms with van der Waals surface area (Å²) < 4.78 is 11.3. The number of hydrogen-bond donors (Lipinski definition) is 1. The average molecular weight is 362 g/mol. The number of nitrogens with zero attached hydrogens (tertiary/aromatic N) is 2. The molecule has 1 saturated heterocycles. The number of ether oxygens (including phenoxy) is 2. The summed E-state index contributed by atoms with van der Waals surface area (Å²) in [5, 5.41) is 12.3. The Balaban J connectivity index is 1.54. The summed E-state index contributed by atoms with van der Waals surface area (Å²) in [6, 6.07) is 5.92. The van der Waals surface area contributed by atoms with E-state index in [4.69, 9.17) is 14.3 Å². The molecule has 0 radical (unpaired) electrons. The molecule has 26 heavy (non-hydrogen) atoms. The van der Waals surface area contributed by atoms with Gasteiger partial charge in [-0.25, -0.2) is 0 Å². The number of rotatable bonds is 8. The highest BCUT2D eigenvalue weighted by molar-refractivity contribution is 5.43. The number of hydroxylamine groups is 2. The second-order valence-corrected chi connectivity index (χ2v) is 6.87. The van der Waals surface area contributed by atoms with Crippen molar-refractivity contribution in [2.24, 2.45) is 0 Å². The van der Waals surface area contributed by atoms with Crippen LogP contribution in [0.2, 0.25) is 0 Å². The standard InChI is InChI=1S/C20H30N2O4/c1-24-19-8-7-17(14-22-11-5-6-12-26-22)13-20(19)25-16-18(23)15-21-9-3-2-4-10-21/h2-3,7-8,13,18,23H,4-6,9-12,14-16H2,1H3. The van der Waals surface area contributed by atoms with Crippen molar-refractivity contribution in [3.05, 3.63) is 35.9 Å². The molecular weight excluding hydrogens is 332 g/mol. The lowest BCUT2D eigenvalue weighted by Crippen LogP contribution is -2.37. The first-order valence-corrected chi connectivity index (χ1v) is 9.47. The molecule has 6 heteroatoms. The zero-order valence-corrected chi connectivity index (χ0v) is 15.6. The van der Waals surface area contributed by atoms with E-state index in [2.05, 4.69) is 17.1 Å². The third kappa shape index (κ3) is 5.71. The minimum atomic E-state index is -0.528. The predicted octanol–water partition coefficient (Wildman–Crippen LogP) is 2.22. The van der Waals surface area contributed by atoms with Gasteiger partial charge in [0.2, 0.25) is 0 Å². The number of aliphatic hydroxyl groups excluding tert-OH is 1. The summed E-state index contributed by atoms with van der Waals surface area (Å²) in [5.41, 5.74) is 1.11. The van der Waals surface area contributed by atoms with E-state index in [-0.39, 0.29) is 6.61 Å². The summed E-state index contributed by atoms with van der Waals surface area (Å²) >= 11 is 0. The van der Waals surface area contributed by atoms with Crippen LogP contribution in [0.3, 0.4) is 0 Å². The Kier molecular flexibility index (Phi) is 7.32. The minimum absolute atomic E-state index is 0.250. The smallest absolute Gasteiger partial charge is 0.161 e. The fraction of sp³-hybridized carbons (Fsp3) is 0.600. The van der Waals surface area contributed by atoms with Crippen LogP contribution in [0.4, 0.5) is 0 Å². The van der Waals surface area contributed by atoms with Gasteiger partial charge in [-0.05, 0) is 37.0 Å². The van der Waals surface area contributed by atoms with Crippen molar-refractivity contribution in [1.29, 1.82) is 0 Å². The minimum Gasteiger partial charge on any atom is -0.493 e. The Hall–Kier alpha value is -1.60. The highest BCUT2D eigenvalue weighted by atomic mass is 16.7.